The Hall–Kier alpha value is -1.97. The van der Waals surface area contributed by atoms with Gasteiger partial charge in [0, 0.05) is 0 Å². The lowest BCUT2D eigenvalue weighted by molar-refractivity contribution is 0.386. The van der Waals surface area contributed by atoms with E-state index >= 15 is 0 Å². The van der Waals surface area contributed by atoms with Gasteiger partial charge >= 0.3 is 0 Å². The molecule has 0 aliphatic carbocycles. The van der Waals surface area contributed by atoms with Crippen molar-refractivity contribution in [2.45, 2.75) is 13.3 Å². The normalized spacial score (nSPS) is 10.4. The van der Waals surface area contributed by atoms with Crippen molar-refractivity contribution < 1.29 is 17.9 Å². The summed E-state index contributed by atoms with van der Waals surface area (Å²) >= 11 is 0. The molecule has 0 aromatic heterocycles. The second-order valence-corrected chi connectivity index (χ2v) is 3.77. The Kier molecular flexibility index (Phi) is 3.55. The molecule has 0 heterocycles. The number of hydrogen-bond donors (Lipinski definition) is 0. The van der Waals surface area contributed by atoms with Gasteiger partial charge in [0.15, 0.2) is 11.6 Å². The van der Waals surface area contributed by atoms with Gasteiger partial charge in [-0.2, -0.15) is 4.39 Å². The van der Waals surface area contributed by atoms with Crippen molar-refractivity contribution in [3.63, 3.8) is 0 Å². The van der Waals surface area contributed by atoms with Crippen LogP contribution < -0.4 is 4.74 Å². The molecule has 0 fully saturated rings. The van der Waals surface area contributed by atoms with E-state index in [9.17, 15) is 13.2 Å². The van der Waals surface area contributed by atoms with E-state index < -0.39 is 23.2 Å². The van der Waals surface area contributed by atoms with Gasteiger partial charge in [0.1, 0.15) is 5.75 Å². The quantitative estimate of drug-likeness (QED) is 0.733. The van der Waals surface area contributed by atoms with E-state index in [4.69, 9.17) is 4.74 Å². The van der Waals surface area contributed by atoms with Gasteiger partial charge in [-0.05, 0) is 36.2 Å². The van der Waals surface area contributed by atoms with Crippen LogP contribution in [0.15, 0.2) is 36.4 Å². The molecule has 0 atom stereocenters. The van der Waals surface area contributed by atoms with Crippen molar-refractivity contribution in [2.24, 2.45) is 0 Å². The summed E-state index contributed by atoms with van der Waals surface area (Å²) in [6.45, 7) is 1.99. The molecule has 0 saturated heterocycles. The van der Waals surface area contributed by atoms with E-state index in [1.54, 1.807) is 24.3 Å². The van der Waals surface area contributed by atoms with Gasteiger partial charge in [0.05, 0.1) is 0 Å². The van der Waals surface area contributed by atoms with Crippen LogP contribution in [0.2, 0.25) is 0 Å². The van der Waals surface area contributed by atoms with Crippen LogP contribution in [0.1, 0.15) is 12.5 Å². The molecule has 0 aliphatic rings. The predicted molar refractivity (Wildman–Crippen MR) is 62.2 cm³/mol. The van der Waals surface area contributed by atoms with Gasteiger partial charge in [0.2, 0.25) is 11.6 Å². The minimum absolute atomic E-state index is 0.260. The Labute approximate surface area is 103 Å². The van der Waals surface area contributed by atoms with Gasteiger partial charge in [-0.1, -0.05) is 19.1 Å². The fourth-order valence-electron chi connectivity index (χ4n) is 1.51. The Morgan fingerprint density at radius 3 is 2.11 bits per heavy atom. The molecule has 0 amide bonds. The van der Waals surface area contributed by atoms with Crippen LogP contribution in [0.3, 0.4) is 0 Å². The van der Waals surface area contributed by atoms with E-state index in [1.165, 1.54) is 0 Å². The highest BCUT2D eigenvalue weighted by atomic mass is 19.2. The molecule has 0 bridgehead atoms. The first-order valence-electron chi connectivity index (χ1n) is 5.52. The summed E-state index contributed by atoms with van der Waals surface area (Å²) < 4.78 is 44.7. The van der Waals surface area contributed by atoms with Gasteiger partial charge in [0.25, 0.3) is 0 Å². The van der Waals surface area contributed by atoms with Gasteiger partial charge in [-0.25, -0.2) is 8.78 Å². The molecule has 0 saturated carbocycles. The summed E-state index contributed by atoms with van der Waals surface area (Å²) in [5, 5.41) is 0. The average Bonchev–Trinajstić information content (AvgIpc) is 2.40. The number of ether oxygens (including phenoxy) is 1. The summed E-state index contributed by atoms with van der Waals surface area (Å²) in [6.07, 6.45) is 0.850. The van der Waals surface area contributed by atoms with Crippen molar-refractivity contribution in [3.05, 3.63) is 59.4 Å². The number of halogens is 3. The zero-order valence-electron chi connectivity index (χ0n) is 9.71. The molecule has 94 valence electrons. The summed E-state index contributed by atoms with van der Waals surface area (Å²) in [5.41, 5.74) is 1.07. The van der Waals surface area contributed by atoms with Gasteiger partial charge in [-0.3, -0.25) is 0 Å². The minimum Gasteiger partial charge on any atom is -0.451 e. The summed E-state index contributed by atoms with van der Waals surface area (Å²) in [6, 6.07) is 8.28. The maximum absolute atomic E-state index is 13.4. The highest BCUT2D eigenvalue weighted by Crippen LogP contribution is 2.29. The fourth-order valence-corrected chi connectivity index (χ4v) is 1.51. The van der Waals surface area contributed by atoms with E-state index in [0.717, 1.165) is 24.1 Å². The van der Waals surface area contributed by atoms with E-state index in [0.29, 0.717) is 0 Å². The monoisotopic (exact) mass is 252 g/mol. The first-order valence-corrected chi connectivity index (χ1v) is 5.52. The zero-order valence-corrected chi connectivity index (χ0v) is 9.71. The van der Waals surface area contributed by atoms with Crippen LogP contribution in [-0.2, 0) is 6.42 Å². The lowest BCUT2D eigenvalue weighted by atomic mass is 10.2. The van der Waals surface area contributed by atoms with Crippen molar-refractivity contribution in [2.75, 3.05) is 0 Å². The summed E-state index contributed by atoms with van der Waals surface area (Å²) in [4.78, 5) is 0. The Balaban J connectivity index is 2.30. The molecule has 0 radical (unpaired) electrons. The molecule has 2 aromatic carbocycles. The summed E-state index contributed by atoms with van der Waals surface area (Å²) in [5.74, 6) is -3.87. The van der Waals surface area contributed by atoms with Crippen LogP contribution in [-0.4, -0.2) is 0 Å². The molecule has 2 rings (SSSR count). The molecule has 0 aliphatic heterocycles. The van der Waals surface area contributed by atoms with Gasteiger partial charge < -0.3 is 4.74 Å². The second-order valence-electron chi connectivity index (χ2n) is 3.77. The standard InChI is InChI=1S/C14H11F3O/c1-2-9-3-5-10(6-4-9)18-14-12(16)8-7-11(15)13(14)17/h3-8H,2H2,1H3. The van der Waals surface area contributed by atoms with Crippen LogP contribution in [0, 0.1) is 17.5 Å². The number of rotatable bonds is 3. The molecule has 1 nitrogen and oxygen atoms in total. The van der Waals surface area contributed by atoms with Crippen LogP contribution in [0.4, 0.5) is 13.2 Å². The maximum atomic E-state index is 13.4. The Morgan fingerprint density at radius 1 is 0.889 bits per heavy atom. The van der Waals surface area contributed by atoms with Crippen LogP contribution in [0.25, 0.3) is 0 Å². The van der Waals surface area contributed by atoms with Crippen LogP contribution >= 0.6 is 0 Å². The highest BCUT2D eigenvalue weighted by molar-refractivity contribution is 5.35. The number of aryl methyl sites for hydroxylation is 1. The topological polar surface area (TPSA) is 9.23 Å². The molecule has 2 aromatic rings. The molecular weight excluding hydrogens is 241 g/mol. The smallest absolute Gasteiger partial charge is 0.204 e. The predicted octanol–water partition coefficient (Wildman–Crippen LogP) is 4.46. The zero-order chi connectivity index (χ0) is 13.1. The van der Waals surface area contributed by atoms with E-state index in [-0.39, 0.29) is 5.75 Å². The third-order valence-electron chi connectivity index (χ3n) is 2.55. The second kappa shape index (κ2) is 5.12. The molecule has 4 heteroatoms. The number of benzene rings is 2. The van der Waals surface area contributed by atoms with Crippen molar-refractivity contribution in [3.8, 4) is 11.5 Å². The molecule has 0 N–H and O–H groups in total. The average molecular weight is 252 g/mol. The SMILES string of the molecule is CCc1ccc(Oc2c(F)ccc(F)c2F)cc1. The molecular formula is C14H11F3O. The van der Waals surface area contributed by atoms with E-state index in [2.05, 4.69) is 0 Å². The fraction of sp³-hybridized carbons (Fsp3) is 0.143. The lowest BCUT2D eigenvalue weighted by Crippen LogP contribution is -1.95. The first kappa shape index (κ1) is 12.5. The lowest BCUT2D eigenvalue weighted by Gasteiger charge is -2.08. The number of hydrogen-bond acceptors (Lipinski definition) is 1. The third kappa shape index (κ3) is 2.47. The Morgan fingerprint density at radius 2 is 1.50 bits per heavy atom. The van der Waals surface area contributed by atoms with Gasteiger partial charge in [-0.15, -0.1) is 0 Å². The van der Waals surface area contributed by atoms with Crippen molar-refractivity contribution >= 4 is 0 Å². The largest absolute Gasteiger partial charge is 0.451 e. The molecule has 0 unspecified atom stereocenters. The van der Waals surface area contributed by atoms with E-state index in [1.807, 2.05) is 6.92 Å². The molecule has 18 heavy (non-hydrogen) atoms. The summed E-state index contributed by atoms with van der Waals surface area (Å²) in [7, 11) is 0. The third-order valence-corrected chi connectivity index (χ3v) is 2.55. The maximum Gasteiger partial charge on any atom is 0.204 e. The van der Waals surface area contributed by atoms with Crippen LogP contribution in [0.5, 0.6) is 11.5 Å². The molecule has 0 spiro atoms. The first-order chi connectivity index (χ1) is 8.61. The minimum atomic E-state index is -1.32. The highest BCUT2D eigenvalue weighted by Gasteiger charge is 2.15. The van der Waals surface area contributed by atoms with Crippen molar-refractivity contribution in [1.29, 1.82) is 0 Å². The Bertz CT molecular complexity index is 550. The van der Waals surface area contributed by atoms with Crippen molar-refractivity contribution in [1.82, 2.24) is 0 Å².